The van der Waals surface area contributed by atoms with E-state index in [1.165, 1.54) is 0 Å². The molecule has 1 aromatic heterocycles. The van der Waals surface area contributed by atoms with E-state index in [2.05, 4.69) is 27.0 Å². The molecule has 1 heterocycles. The molecule has 0 spiro atoms. The molecule has 0 saturated carbocycles. The number of nitriles is 1. The lowest BCUT2D eigenvalue weighted by atomic mass is 10.1. The van der Waals surface area contributed by atoms with Gasteiger partial charge in [-0.3, -0.25) is 4.98 Å². The minimum absolute atomic E-state index is 0.625. The number of hydrogen-bond acceptors (Lipinski definition) is 2. The van der Waals surface area contributed by atoms with Crippen LogP contribution in [0.25, 0.3) is 11.3 Å². The zero-order valence-electron chi connectivity index (χ0n) is 7.81. The monoisotopic (exact) mass is 258 g/mol. The molecule has 0 saturated heterocycles. The lowest BCUT2D eigenvalue weighted by molar-refractivity contribution is 1.31. The maximum atomic E-state index is 8.78. The fraction of sp³-hybridized carbons (Fsp3) is 0. The lowest BCUT2D eigenvalue weighted by Crippen LogP contribution is -1.84. The standard InChI is InChI=1S/C12H7BrN2/c13-11-3-1-2-10(7-11)12-6-9(8-14)4-5-15-12/h1-7H. The molecular formula is C12H7BrN2. The second-order valence-corrected chi connectivity index (χ2v) is 3.97. The van der Waals surface area contributed by atoms with Gasteiger partial charge in [0.25, 0.3) is 0 Å². The van der Waals surface area contributed by atoms with Crippen LogP contribution in [-0.2, 0) is 0 Å². The van der Waals surface area contributed by atoms with Gasteiger partial charge in [-0.25, -0.2) is 0 Å². The predicted octanol–water partition coefficient (Wildman–Crippen LogP) is 3.38. The molecule has 3 heteroatoms. The van der Waals surface area contributed by atoms with Crippen LogP contribution in [-0.4, -0.2) is 4.98 Å². The highest BCUT2D eigenvalue weighted by molar-refractivity contribution is 9.10. The average molecular weight is 259 g/mol. The first-order chi connectivity index (χ1) is 7.29. The van der Waals surface area contributed by atoms with Gasteiger partial charge >= 0.3 is 0 Å². The Hall–Kier alpha value is -1.66. The number of nitrogens with zero attached hydrogens (tertiary/aromatic N) is 2. The van der Waals surface area contributed by atoms with Gasteiger partial charge in [0, 0.05) is 16.2 Å². The number of benzene rings is 1. The Morgan fingerprint density at radius 1 is 1.20 bits per heavy atom. The fourth-order valence-corrected chi connectivity index (χ4v) is 1.70. The first kappa shape index (κ1) is 9.88. The average Bonchev–Trinajstić information content (AvgIpc) is 2.29. The predicted molar refractivity (Wildman–Crippen MR) is 62.1 cm³/mol. The molecule has 0 bridgehead atoms. The number of pyridine rings is 1. The maximum Gasteiger partial charge on any atom is 0.0992 e. The minimum Gasteiger partial charge on any atom is -0.256 e. The molecule has 0 amide bonds. The molecule has 0 aliphatic carbocycles. The second kappa shape index (κ2) is 4.24. The summed E-state index contributed by atoms with van der Waals surface area (Å²) in [6.45, 7) is 0. The van der Waals surface area contributed by atoms with Gasteiger partial charge < -0.3 is 0 Å². The molecule has 2 nitrogen and oxygen atoms in total. The normalized spacial score (nSPS) is 9.60. The molecule has 15 heavy (non-hydrogen) atoms. The van der Waals surface area contributed by atoms with E-state index in [0.29, 0.717) is 5.56 Å². The topological polar surface area (TPSA) is 36.7 Å². The third-order valence-corrected chi connectivity index (χ3v) is 2.50. The molecule has 0 atom stereocenters. The van der Waals surface area contributed by atoms with Gasteiger partial charge in [0.05, 0.1) is 17.3 Å². The van der Waals surface area contributed by atoms with Crippen molar-refractivity contribution in [2.45, 2.75) is 0 Å². The van der Waals surface area contributed by atoms with Crippen molar-refractivity contribution in [3.63, 3.8) is 0 Å². The van der Waals surface area contributed by atoms with E-state index in [9.17, 15) is 0 Å². The van der Waals surface area contributed by atoms with Crippen LogP contribution in [0.3, 0.4) is 0 Å². The van der Waals surface area contributed by atoms with Crippen LogP contribution in [0.15, 0.2) is 47.1 Å². The Kier molecular flexibility index (Phi) is 2.79. The minimum atomic E-state index is 0.625. The summed E-state index contributed by atoms with van der Waals surface area (Å²) in [5.74, 6) is 0. The van der Waals surface area contributed by atoms with Gasteiger partial charge in [-0.2, -0.15) is 5.26 Å². The number of aromatic nitrogens is 1. The number of rotatable bonds is 1. The Balaban J connectivity index is 2.50. The zero-order chi connectivity index (χ0) is 10.7. The molecule has 2 aromatic rings. The summed E-state index contributed by atoms with van der Waals surface area (Å²) in [6.07, 6.45) is 1.65. The maximum absolute atomic E-state index is 8.78. The van der Waals surface area contributed by atoms with E-state index in [1.807, 2.05) is 24.3 Å². The van der Waals surface area contributed by atoms with Gasteiger partial charge in [-0.15, -0.1) is 0 Å². The van der Waals surface area contributed by atoms with Crippen LogP contribution >= 0.6 is 15.9 Å². The summed E-state index contributed by atoms with van der Waals surface area (Å²) in [5.41, 5.74) is 2.44. The van der Waals surface area contributed by atoms with Crippen LogP contribution in [0, 0.1) is 11.3 Å². The Labute approximate surface area is 96.3 Å². The fourth-order valence-electron chi connectivity index (χ4n) is 1.31. The van der Waals surface area contributed by atoms with Crippen molar-refractivity contribution in [2.75, 3.05) is 0 Å². The third-order valence-electron chi connectivity index (χ3n) is 2.01. The molecule has 0 aliphatic heterocycles. The van der Waals surface area contributed by atoms with Crippen molar-refractivity contribution in [2.24, 2.45) is 0 Å². The number of halogens is 1. The van der Waals surface area contributed by atoms with E-state index >= 15 is 0 Å². The smallest absolute Gasteiger partial charge is 0.0992 e. The van der Waals surface area contributed by atoms with E-state index < -0.39 is 0 Å². The molecule has 0 N–H and O–H groups in total. The van der Waals surface area contributed by atoms with Crippen LogP contribution in [0.5, 0.6) is 0 Å². The quantitative estimate of drug-likeness (QED) is 0.787. The summed E-state index contributed by atoms with van der Waals surface area (Å²) in [6, 6.07) is 13.4. The number of hydrogen-bond donors (Lipinski definition) is 0. The summed E-state index contributed by atoms with van der Waals surface area (Å²) >= 11 is 3.40. The Morgan fingerprint density at radius 2 is 2.07 bits per heavy atom. The largest absolute Gasteiger partial charge is 0.256 e. The van der Waals surface area contributed by atoms with Crippen LogP contribution < -0.4 is 0 Å². The molecule has 2 rings (SSSR count). The molecule has 72 valence electrons. The first-order valence-corrected chi connectivity index (χ1v) is 5.21. The van der Waals surface area contributed by atoms with E-state index in [1.54, 1.807) is 18.3 Å². The first-order valence-electron chi connectivity index (χ1n) is 4.42. The molecular weight excluding hydrogens is 252 g/mol. The van der Waals surface area contributed by atoms with Crippen LogP contribution in [0.2, 0.25) is 0 Å². The zero-order valence-corrected chi connectivity index (χ0v) is 9.40. The molecule has 1 aromatic carbocycles. The van der Waals surface area contributed by atoms with E-state index in [-0.39, 0.29) is 0 Å². The van der Waals surface area contributed by atoms with Crippen molar-refractivity contribution in [3.8, 4) is 17.3 Å². The van der Waals surface area contributed by atoms with Crippen LogP contribution in [0.1, 0.15) is 5.56 Å². The Morgan fingerprint density at radius 3 is 2.80 bits per heavy atom. The van der Waals surface area contributed by atoms with Gasteiger partial charge in [0.1, 0.15) is 0 Å². The molecule has 0 unspecified atom stereocenters. The van der Waals surface area contributed by atoms with Gasteiger partial charge in [-0.1, -0.05) is 28.1 Å². The molecule has 0 fully saturated rings. The van der Waals surface area contributed by atoms with Crippen molar-refractivity contribution < 1.29 is 0 Å². The summed E-state index contributed by atoms with van der Waals surface area (Å²) in [5, 5.41) is 8.78. The summed E-state index contributed by atoms with van der Waals surface area (Å²) in [4.78, 5) is 4.23. The summed E-state index contributed by atoms with van der Waals surface area (Å²) in [7, 11) is 0. The SMILES string of the molecule is N#Cc1ccnc(-c2cccc(Br)c2)c1. The van der Waals surface area contributed by atoms with Crippen molar-refractivity contribution in [1.82, 2.24) is 4.98 Å². The van der Waals surface area contributed by atoms with Crippen LogP contribution in [0.4, 0.5) is 0 Å². The highest BCUT2D eigenvalue weighted by Crippen LogP contribution is 2.21. The van der Waals surface area contributed by atoms with E-state index in [4.69, 9.17) is 5.26 Å². The summed E-state index contributed by atoms with van der Waals surface area (Å²) < 4.78 is 1.00. The van der Waals surface area contributed by atoms with Gasteiger partial charge in [-0.05, 0) is 24.3 Å². The Bertz CT molecular complexity index is 529. The third kappa shape index (κ3) is 2.23. The highest BCUT2D eigenvalue weighted by Gasteiger charge is 2.00. The lowest BCUT2D eigenvalue weighted by Gasteiger charge is -2.01. The molecule has 0 aliphatic rings. The van der Waals surface area contributed by atoms with Crippen molar-refractivity contribution >= 4 is 15.9 Å². The van der Waals surface area contributed by atoms with E-state index in [0.717, 1.165) is 15.7 Å². The van der Waals surface area contributed by atoms with Gasteiger partial charge in [0.2, 0.25) is 0 Å². The van der Waals surface area contributed by atoms with Crippen molar-refractivity contribution in [3.05, 3.63) is 52.6 Å². The molecule has 0 radical (unpaired) electrons. The van der Waals surface area contributed by atoms with Gasteiger partial charge in [0.15, 0.2) is 0 Å². The van der Waals surface area contributed by atoms with Crippen molar-refractivity contribution in [1.29, 1.82) is 5.26 Å². The highest BCUT2D eigenvalue weighted by atomic mass is 79.9. The second-order valence-electron chi connectivity index (χ2n) is 3.05.